The maximum atomic E-state index is 13.6. The lowest BCUT2D eigenvalue weighted by atomic mass is 9.98. The minimum Gasteiger partial charge on any atom is -0.497 e. The monoisotopic (exact) mass is 483 g/mol. The van der Waals surface area contributed by atoms with Gasteiger partial charge in [0.05, 0.1) is 30.7 Å². The van der Waals surface area contributed by atoms with Gasteiger partial charge in [0.1, 0.15) is 17.1 Å². The van der Waals surface area contributed by atoms with Gasteiger partial charge >= 0.3 is 0 Å². The third-order valence-corrected chi connectivity index (χ3v) is 6.60. The van der Waals surface area contributed by atoms with Crippen molar-refractivity contribution >= 4 is 16.9 Å². The summed E-state index contributed by atoms with van der Waals surface area (Å²) in [5.41, 5.74) is 2.37. The summed E-state index contributed by atoms with van der Waals surface area (Å²) in [4.78, 5) is 28.9. The molecule has 0 fully saturated rings. The van der Waals surface area contributed by atoms with Crippen LogP contribution in [0.2, 0.25) is 0 Å². The Morgan fingerprint density at radius 1 is 0.889 bits per heavy atom. The van der Waals surface area contributed by atoms with Crippen molar-refractivity contribution in [2.75, 3.05) is 13.7 Å². The Morgan fingerprint density at radius 3 is 2.33 bits per heavy atom. The van der Waals surface area contributed by atoms with Crippen molar-refractivity contribution in [2.45, 2.75) is 38.8 Å². The van der Waals surface area contributed by atoms with Gasteiger partial charge in [0.25, 0.3) is 5.91 Å². The van der Waals surface area contributed by atoms with Crippen LogP contribution in [0, 0.1) is 0 Å². The van der Waals surface area contributed by atoms with Crippen LogP contribution in [0.1, 0.15) is 59.5 Å². The first-order valence-corrected chi connectivity index (χ1v) is 12.3. The number of unbranched alkanes of at least 4 members (excludes halogenated alkanes) is 2. The number of hydrogen-bond acceptors (Lipinski definition) is 5. The zero-order valence-corrected chi connectivity index (χ0v) is 20.5. The first-order chi connectivity index (χ1) is 17.6. The van der Waals surface area contributed by atoms with E-state index in [9.17, 15) is 9.59 Å². The van der Waals surface area contributed by atoms with Gasteiger partial charge in [-0.2, -0.15) is 0 Å². The van der Waals surface area contributed by atoms with Gasteiger partial charge in [0, 0.05) is 6.54 Å². The van der Waals surface area contributed by atoms with Gasteiger partial charge in [0.15, 0.2) is 5.43 Å². The molecule has 1 aromatic heterocycles. The first-order valence-electron chi connectivity index (χ1n) is 12.3. The summed E-state index contributed by atoms with van der Waals surface area (Å²) in [5.74, 6) is 1.32. The molecule has 0 spiro atoms. The second-order valence-electron chi connectivity index (χ2n) is 8.98. The molecule has 4 aromatic rings. The van der Waals surface area contributed by atoms with E-state index in [1.807, 2.05) is 48.5 Å². The highest BCUT2D eigenvalue weighted by Crippen LogP contribution is 2.39. The predicted molar refractivity (Wildman–Crippen MR) is 139 cm³/mol. The number of ether oxygens (including phenoxy) is 2. The summed E-state index contributed by atoms with van der Waals surface area (Å²) < 4.78 is 17.2. The fraction of sp³-hybridized carbons (Fsp3) is 0.267. The second kappa shape index (κ2) is 10.3. The molecular formula is C30H29NO5. The van der Waals surface area contributed by atoms with Crippen LogP contribution >= 0.6 is 0 Å². The molecule has 1 atom stereocenters. The summed E-state index contributed by atoms with van der Waals surface area (Å²) in [6.07, 6.45) is 3.27. The minimum absolute atomic E-state index is 0.108. The van der Waals surface area contributed by atoms with E-state index in [2.05, 4.69) is 6.92 Å². The third-order valence-electron chi connectivity index (χ3n) is 6.60. The van der Waals surface area contributed by atoms with Crippen molar-refractivity contribution in [3.8, 4) is 11.5 Å². The number of rotatable bonds is 9. The van der Waals surface area contributed by atoms with Gasteiger partial charge in [-0.3, -0.25) is 9.59 Å². The molecule has 0 saturated heterocycles. The molecule has 1 amide bonds. The lowest BCUT2D eigenvalue weighted by Crippen LogP contribution is -2.29. The number of methoxy groups -OCH3 is 1. The van der Waals surface area contributed by atoms with E-state index in [-0.39, 0.29) is 17.1 Å². The Hall–Kier alpha value is -4.06. The largest absolute Gasteiger partial charge is 0.497 e. The highest BCUT2D eigenvalue weighted by atomic mass is 16.5. The van der Waals surface area contributed by atoms with Crippen molar-refractivity contribution in [3.63, 3.8) is 0 Å². The molecule has 0 N–H and O–H groups in total. The fourth-order valence-corrected chi connectivity index (χ4v) is 4.69. The van der Waals surface area contributed by atoms with E-state index in [0.717, 1.165) is 41.9 Å². The van der Waals surface area contributed by atoms with Crippen molar-refractivity contribution < 1.29 is 18.7 Å². The molecule has 36 heavy (non-hydrogen) atoms. The molecule has 1 aliphatic rings. The number of benzene rings is 3. The average Bonchev–Trinajstić information content (AvgIpc) is 3.19. The number of hydrogen-bond donors (Lipinski definition) is 0. The van der Waals surface area contributed by atoms with Gasteiger partial charge < -0.3 is 18.8 Å². The lowest BCUT2D eigenvalue weighted by Gasteiger charge is -2.25. The minimum atomic E-state index is -0.565. The molecule has 0 saturated carbocycles. The van der Waals surface area contributed by atoms with E-state index >= 15 is 0 Å². The number of carbonyl (C=O) groups is 1. The zero-order chi connectivity index (χ0) is 25.1. The predicted octanol–water partition coefficient (Wildman–Crippen LogP) is 6.12. The van der Waals surface area contributed by atoms with Crippen LogP contribution in [-0.4, -0.2) is 24.5 Å². The number of carbonyl (C=O) groups excluding carboxylic acids is 1. The van der Waals surface area contributed by atoms with E-state index in [1.54, 1.807) is 36.3 Å². The van der Waals surface area contributed by atoms with E-state index in [4.69, 9.17) is 13.9 Å². The number of para-hydroxylation sites is 1. The molecule has 6 heteroatoms. The van der Waals surface area contributed by atoms with Crippen LogP contribution < -0.4 is 14.9 Å². The van der Waals surface area contributed by atoms with Gasteiger partial charge in [-0.25, -0.2) is 0 Å². The van der Waals surface area contributed by atoms with Crippen LogP contribution in [0.3, 0.4) is 0 Å². The summed E-state index contributed by atoms with van der Waals surface area (Å²) in [6, 6.07) is 21.7. The molecule has 0 bridgehead atoms. The number of fused-ring (bicyclic) bond motifs is 2. The van der Waals surface area contributed by atoms with Crippen LogP contribution in [-0.2, 0) is 6.54 Å². The fourth-order valence-electron chi connectivity index (χ4n) is 4.69. The molecular weight excluding hydrogens is 454 g/mol. The molecule has 5 rings (SSSR count). The van der Waals surface area contributed by atoms with Crippen molar-refractivity contribution in [1.29, 1.82) is 0 Å². The van der Waals surface area contributed by atoms with Gasteiger partial charge in [-0.15, -0.1) is 0 Å². The molecule has 184 valence electrons. The van der Waals surface area contributed by atoms with Crippen molar-refractivity contribution in [3.05, 3.63) is 105 Å². The Balaban J connectivity index is 1.54. The maximum Gasteiger partial charge on any atom is 0.291 e. The normalized spacial score (nSPS) is 14.8. The first kappa shape index (κ1) is 23.7. The maximum absolute atomic E-state index is 13.6. The molecule has 6 nitrogen and oxygen atoms in total. The standard InChI is InChI=1S/C30H29NO5/c1-3-4-7-18-35-23-16-12-21(13-17-23)27-26-28(32)24-8-5-6-9-25(24)36-29(26)30(33)31(27)19-20-10-14-22(34-2)15-11-20/h5-6,8-17,27H,3-4,7,18-19H2,1-2H3. The highest BCUT2D eigenvalue weighted by molar-refractivity contribution is 5.99. The lowest BCUT2D eigenvalue weighted by molar-refractivity contribution is 0.0714. The van der Waals surface area contributed by atoms with Crippen molar-refractivity contribution in [1.82, 2.24) is 4.90 Å². The molecule has 1 aliphatic heterocycles. The molecule has 1 unspecified atom stereocenters. The topological polar surface area (TPSA) is 69.0 Å². The summed E-state index contributed by atoms with van der Waals surface area (Å²) >= 11 is 0. The second-order valence-corrected chi connectivity index (χ2v) is 8.98. The van der Waals surface area contributed by atoms with E-state index in [1.165, 1.54) is 0 Å². The van der Waals surface area contributed by atoms with Gasteiger partial charge in [0.2, 0.25) is 5.76 Å². The SMILES string of the molecule is CCCCCOc1ccc(C2c3c(oc4ccccc4c3=O)C(=O)N2Cc2ccc(OC)cc2)cc1. The Morgan fingerprint density at radius 2 is 1.61 bits per heavy atom. The molecule has 2 heterocycles. The van der Waals surface area contributed by atoms with E-state index in [0.29, 0.717) is 29.7 Å². The van der Waals surface area contributed by atoms with Crippen LogP contribution in [0.5, 0.6) is 11.5 Å². The smallest absolute Gasteiger partial charge is 0.291 e. The summed E-state index contributed by atoms with van der Waals surface area (Å²) in [5, 5.41) is 0.469. The third kappa shape index (κ3) is 4.47. The summed E-state index contributed by atoms with van der Waals surface area (Å²) in [6.45, 7) is 3.15. The zero-order valence-electron chi connectivity index (χ0n) is 20.5. The molecule has 0 radical (unpaired) electrons. The van der Waals surface area contributed by atoms with E-state index < -0.39 is 6.04 Å². The number of amides is 1. The van der Waals surface area contributed by atoms with Crippen LogP contribution in [0.25, 0.3) is 11.0 Å². The Kier molecular flexibility index (Phi) is 6.76. The van der Waals surface area contributed by atoms with Crippen LogP contribution in [0.4, 0.5) is 0 Å². The van der Waals surface area contributed by atoms with Crippen molar-refractivity contribution in [2.24, 2.45) is 0 Å². The molecule has 3 aromatic carbocycles. The Bertz CT molecular complexity index is 1420. The molecule has 0 aliphatic carbocycles. The number of nitrogens with zero attached hydrogens (tertiary/aromatic N) is 1. The quantitative estimate of drug-likeness (QED) is 0.269. The highest BCUT2D eigenvalue weighted by Gasteiger charge is 2.42. The van der Waals surface area contributed by atoms with Crippen LogP contribution in [0.15, 0.2) is 82.0 Å². The average molecular weight is 484 g/mol. The van der Waals surface area contributed by atoms with Gasteiger partial charge in [-0.1, -0.05) is 56.2 Å². The Labute approximate surface area is 210 Å². The van der Waals surface area contributed by atoms with Gasteiger partial charge in [-0.05, 0) is 53.9 Å². The summed E-state index contributed by atoms with van der Waals surface area (Å²) in [7, 11) is 1.62.